The summed E-state index contributed by atoms with van der Waals surface area (Å²) in [5, 5.41) is 6.51. The van der Waals surface area contributed by atoms with Gasteiger partial charge in [0.05, 0.1) is 0 Å². The lowest BCUT2D eigenvalue weighted by Crippen LogP contribution is -2.32. The molecule has 2 aromatic heterocycles. The highest BCUT2D eigenvalue weighted by Crippen LogP contribution is 2.12. The average Bonchev–Trinajstić information content (AvgIpc) is 2.86. The molecule has 0 aliphatic carbocycles. The summed E-state index contributed by atoms with van der Waals surface area (Å²) in [6.07, 6.45) is 1.94. The summed E-state index contributed by atoms with van der Waals surface area (Å²) < 4.78 is 5.14. The number of H-pyrrole nitrogens is 1. The first-order valence-electron chi connectivity index (χ1n) is 7.06. The van der Waals surface area contributed by atoms with Gasteiger partial charge in [0, 0.05) is 12.6 Å². The minimum atomic E-state index is -0.537. The molecule has 0 aliphatic rings. The molecular formula is C14H19N5O3. The zero-order valence-corrected chi connectivity index (χ0v) is 13.0. The van der Waals surface area contributed by atoms with E-state index < -0.39 is 17.5 Å². The van der Waals surface area contributed by atoms with Crippen molar-refractivity contribution >= 4 is 5.91 Å². The monoisotopic (exact) mass is 305 g/mol. The second-order valence-corrected chi connectivity index (χ2v) is 5.55. The quantitative estimate of drug-likeness (QED) is 0.856. The molecule has 0 saturated heterocycles. The Bertz CT molecular complexity index is 719. The Labute approximate surface area is 127 Å². The van der Waals surface area contributed by atoms with Crippen LogP contribution in [0.3, 0.4) is 0 Å². The van der Waals surface area contributed by atoms with Crippen LogP contribution in [0.1, 0.15) is 54.7 Å². The summed E-state index contributed by atoms with van der Waals surface area (Å²) in [5.41, 5.74) is -0.539. The second kappa shape index (κ2) is 6.50. The van der Waals surface area contributed by atoms with E-state index in [0.717, 1.165) is 0 Å². The molecule has 2 heterocycles. The number of carbonyl (C=O) groups is 1. The van der Waals surface area contributed by atoms with Gasteiger partial charge in [-0.2, -0.15) is 4.98 Å². The van der Waals surface area contributed by atoms with Gasteiger partial charge < -0.3 is 14.8 Å². The topological polar surface area (TPSA) is 114 Å². The lowest BCUT2D eigenvalue weighted by Gasteiger charge is -2.09. The number of hydrogen-bond donors (Lipinski definition) is 2. The number of aryl methyl sites for hydroxylation is 1. The van der Waals surface area contributed by atoms with E-state index in [1.54, 1.807) is 13.8 Å². The van der Waals surface area contributed by atoms with Crippen LogP contribution in [0.2, 0.25) is 0 Å². The third-order valence-corrected chi connectivity index (χ3v) is 2.96. The van der Waals surface area contributed by atoms with Gasteiger partial charge in [0.25, 0.3) is 11.5 Å². The Kier molecular flexibility index (Phi) is 4.69. The summed E-state index contributed by atoms with van der Waals surface area (Å²) in [7, 11) is 0. The Hall–Kier alpha value is -2.51. The Morgan fingerprint density at radius 3 is 2.77 bits per heavy atom. The highest BCUT2D eigenvalue weighted by atomic mass is 16.5. The lowest BCUT2D eigenvalue weighted by molar-refractivity contribution is 0.0930. The van der Waals surface area contributed by atoms with Crippen LogP contribution >= 0.6 is 0 Å². The molecule has 0 fully saturated rings. The fraction of sp³-hybridized carbons (Fsp3) is 0.500. The summed E-state index contributed by atoms with van der Waals surface area (Å²) in [6, 6.07) is -0.499. The van der Waals surface area contributed by atoms with Crippen molar-refractivity contribution in [1.82, 2.24) is 25.4 Å². The Balaban J connectivity index is 2.07. The molecule has 0 aliphatic heterocycles. The van der Waals surface area contributed by atoms with Crippen LogP contribution < -0.4 is 10.9 Å². The third-order valence-electron chi connectivity index (χ3n) is 2.96. The van der Waals surface area contributed by atoms with Gasteiger partial charge >= 0.3 is 0 Å². The van der Waals surface area contributed by atoms with Crippen molar-refractivity contribution < 1.29 is 9.32 Å². The number of carbonyl (C=O) groups excluding carboxylic acids is 1. The first-order chi connectivity index (χ1) is 10.4. The lowest BCUT2D eigenvalue weighted by atomic mass is 10.1. The van der Waals surface area contributed by atoms with E-state index in [2.05, 4.69) is 39.3 Å². The number of hydrogen-bond acceptors (Lipinski definition) is 6. The van der Waals surface area contributed by atoms with E-state index in [1.807, 2.05) is 0 Å². The molecule has 1 unspecified atom stereocenters. The first-order valence-corrected chi connectivity index (χ1v) is 7.06. The van der Waals surface area contributed by atoms with Crippen molar-refractivity contribution in [3.63, 3.8) is 0 Å². The number of rotatable bonds is 5. The number of aromatic nitrogens is 4. The molecule has 8 nitrogen and oxygen atoms in total. The fourth-order valence-corrected chi connectivity index (χ4v) is 1.87. The molecule has 8 heteroatoms. The van der Waals surface area contributed by atoms with Crippen LogP contribution in [0.15, 0.2) is 15.5 Å². The summed E-state index contributed by atoms with van der Waals surface area (Å²) in [5.74, 6) is 1.23. The molecule has 1 atom stereocenters. The van der Waals surface area contributed by atoms with Crippen LogP contribution in [-0.2, 0) is 6.42 Å². The van der Waals surface area contributed by atoms with Gasteiger partial charge in [-0.05, 0) is 19.8 Å². The van der Waals surface area contributed by atoms with Crippen LogP contribution in [0.4, 0.5) is 0 Å². The van der Waals surface area contributed by atoms with Crippen molar-refractivity contribution in [1.29, 1.82) is 0 Å². The van der Waals surface area contributed by atoms with Gasteiger partial charge in [-0.1, -0.05) is 19.0 Å². The predicted octanol–water partition coefficient (Wildman–Crippen LogP) is 1.15. The average molecular weight is 305 g/mol. The van der Waals surface area contributed by atoms with Gasteiger partial charge in [0.15, 0.2) is 5.82 Å². The smallest absolute Gasteiger partial charge is 0.263 e. The normalized spacial score (nSPS) is 12.4. The Morgan fingerprint density at radius 1 is 1.41 bits per heavy atom. The van der Waals surface area contributed by atoms with E-state index in [9.17, 15) is 9.59 Å². The van der Waals surface area contributed by atoms with Gasteiger partial charge in [-0.3, -0.25) is 9.59 Å². The summed E-state index contributed by atoms with van der Waals surface area (Å²) in [6.45, 7) is 7.45. The second-order valence-electron chi connectivity index (χ2n) is 5.55. The molecule has 118 valence electrons. The number of nitrogens with zero attached hydrogens (tertiary/aromatic N) is 3. The van der Waals surface area contributed by atoms with Crippen molar-refractivity contribution in [2.24, 2.45) is 5.92 Å². The minimum absolute atomic E-state index is 0.0561. The van der Waals surface area contributed by atoms with Crippen molar-refractivity contribution in [2.75, 3.05) is 0 Å². The molecule has 2 rings (SSSR count). The van der Waals surface area contributed by atoms with Crippen LogP contribution in [0.25, 0.3) is 0 Å². The van der Waals surface area contributed by atoms with Crippen LogP contribution in [0, 0.1) is 12.8 Å². The highest BCUT2D eigenvalue weighted by Gasteiger charge is 2.19. The van der Waals surface area contributed by atoms with Crippen LogP contribution in [0.5, 0.6) is 0 Å². The molecule has 0 saturated carbocycles. The number of aromatic amines is 1. The molecule has 2 N–H and O–H groups in total. The SMILES string of the molecule is Cc1ncc(C(=O)NC(C)c2nc(CC(C)C)no2)c(=O)[nH]1. The number of nitrogens with one attached hydrogen (secondary N) is 2. The summed E-state index contributed by atoms with van der Waals surface area (Å²) >= 11 is 0. The molecule has 1 amide bonds. The maximum Gasteiger partial charge on any atom is 0.263 e. The molecule has 0 spiro atoms. The molecule has 0 aromatic carbocycles. The van der Waals surface area contributed by atoms with E-state index >= 15 is 0 Å². The van der Waals surface area contributed by atoms with Crippen molar-refractivity contribution in [3.8, 4) is 0 Å². The third kappa shape index (κ3) is 3.78. The molecule has 0 radical (unpaired) electrons. The largest absolute Gasteiger partial charge is 0.340 e. The van der Waals surface area contributed by atoms with Gasteiger partial charge in [-0.25, -0.2) is 4.98 Å². The molecule has 2 aromatic rings. The van der Waals surface area contributed by atoms with Crippen LogP contribution in [-0.4, -0.2) is 26.0 Å². The minimum Gasteiger partial charge on any atom is -0.340 e. The Morgan fingerprint density at radius 2 is 2.14 bits per heavy atom. The molecule has 22 heavy (non-hydrogen) atoms. The van der Waals surface area contributed by atoms with Gasteiger partial charge in [-0.15, -0.1) is 0 Å². The first kappa shape index (κ1) is 15.9. The van der Waals surface area contributed by atoms with Crippen molar-refractivity contribution in [3.05, 3.63) is 39.7 Å². The zero-order valence-electron chi connectivity index (χ0n) is 13.0. The van der Waals surface area contributed by atoms with Gasteiger partial charge in [0.2, 0.25) is 5.89 Å². The number of amides is 1. The standard InChI is InChI=1S/C14H19N5O3/c1-7(2)5-11-18-14(22-19-11)8(3)16-12(20)10-6-15-9(4)17-13(10)21/h6-8H,5H2,1-4H3,(H,16,20)(H,15,17,21). The van der Waals surface area contributed by atoms with Crippen molar-refractivity contribution in [2.45, 2.75) is 40.2 Å². The maximum absolute atomic E-state index is 12.1. The van der Waals surface area contributed by atoms with Gasteiger partial charge in [0.1, 0.15) is 17.4 Å². The summed E-state index contributed by atoms with van der Waals surface area (Å²) in [4.78, 5) is 34.4. The van der Waals surface area contributed by atoms with E-state index in [0.29, 0.717) is 29.9 Å². The zero-order chi connectivity index (χ0) is 16.3. The highest BCUT2D eigenvalue weighted by molar-refractivity contribution is 5.93. The maximum atomic E-state index is 12.1. The predicted molar refractivity (Wildman–Crippen MR) is 78.3 cm³/mol. The molecular weight excluding hydrogens is 286 g/mol. The van der Waals surface area contributed by atoms with E-state index in [-0.39, 0.29) is 5.56 Å². The molecule has 0 bridgehead atoms. The van der Waals surface area contributed by atoms with E-state index in [1.165, 1.54) is 6.20 Å². The fourth-order valence-electron chi connectivity index (χ4n) is 1.87. The van der Waals surface area contributed by atoms with E-state index in [4.69, 9.17) is 4.52 Å².